The molecule has 0 N–H and O–H groups in total. The summed E-state index contributed by atoms with van der Waals surface area (Å²) in [4.78, 5) is 2.21. The summed E-state index contributed by atoms with van der Waals surface area (Å²) in [5.41, 5.74) is 24.1. The Hall–Kier alpha value is -5.66. The van der Waals surface area contributed by atoms with E-state index in [4.69, 9.17) is 0 Å². The fourth-order valence-electron chi connectivity index (χ4n) is 7.97. The third kappa shape index (κ3) is 19.9. The van der Waals surface area contributed by atoms with Crippen LogP contribution in [0, 0.1) is 90.0 Å². The second-order valence-corrected chi connectivity index (χ2v) is 18.0. The minimum atomic E-state index is 1.22. The lowest BCUT2D eigenvalue weighted by Gasteiger charge is -2.20. The second kappa shape index (κ2) is 26.7. The number of para-hydroxylation sites is 1. The number of hydrogen-bond acceptors (Lipinski definition) is 1. The summed E-state index contributed by atoms with van der Waals surface area (Å²) in [7, 11) is 2.10. The first-order valence-electron chi connectivity index (χ1n) is 23.1. The predicted octanol–water partition coefficient (Wildman–Crippen LogP) is 18.0. The molecule has 0 fully saturated rings. The Kier molecular flexibility index (Phi) is 21.9. The van der Waals surface area contributed by atoms with Gasteiger partial charge in [-0.15, -0.1) is 0 Å². The first-order valence-corrected chi connectivity index (χ1v) is 23.1. The molecule has 0 aliphatic heterocycles. The molecule has 0 amide bonds. The molecular formula is C62H79N. The molecule has 0 saturated carbocycles. The summed E-state index contributed by atoms with van der Waals surface area (Å²) in [6.07, 6.45) is 6.68. The van der Waals surface area contributed by atoms with Gasteiger partial charge in [0.2, 0.25) is 0 Å². The molecule has 0 aliphatic rings. The van der Waals surface area contributed by atoms with Crippen molar-refractivity contribution in [2.24, 2.45) is 0 Å². The molecule has 1 nitrogen and oxygen atoms in total. The van der Waals surface area contributed by atoms with Crippen LogP contribution in [0.25, 0.3) is 11.1 Å². The van der Waals surface area contributed by atoms with Crippen LogP contribution in [0.3, 0.4) is 0 Å². The van der Waals surface area contributed by atoms with Gasteiger partial charge in [0, 0.05) is 18.4 Å². The fourth-order valence-corrected chi connectivity index (χ4v) is 7.97. The number of benzene rings is 7. The van der Waals surface area contributed by atoms with E-state index in [0.717, 1.165) is 0 Å². The highest BCUT2D eigenvalue weighted by Gasteiger charge is 2.04. The summed E-state index contributed by atoms with van der Waals surface area (Å²) in [6.45, 7) is 30.1. The molecule has 1 heteroatoms. The molecule has 0 aromatic heterocycles. The van der Waals surface area contributed by atoms with Crippen molar-refractivity contribution in [3.8, 4) is 11.1 Å². The summed E-state index contributed by atoms with van der Waals surface area (Å²) < 4.78 is 0. The zero-order valence-corrected chi connectivity index (χ0v) is 41.8. The smallest absolute Gasteiger partial charge is 0.0413 e. The average Bonchev–Trinajstić information content (AvgIpc) is 3.20. The lowest BCUT2D eigenvalue weighted by Crippen LogP contribution is -2.09. The van der Waals surface area contributed by atoms with Gasteiger partial charge in [0.15, 0.2) is 0 Å². The van der Waals surface area contributed by atoms with Crippen LogP contribution < -0.4 is 4.90 Å². The maximum Gasteiger partial charge on any atom is 0.0413 e. The molecule has 7 rings (SSSR count). The standard InChI is InChI=1S/C15H17N.C15H16.C14H22.2C9H12/c1-12-9-13(2)11-15(10-12)16(3)14-7-5-4-6-8-14;1-11-5-4-6-14(8-11)15-9-12(2)7-13(3)10-15;1-4-5-6-7-8-14-10-12(2)9-13(3)11-14;1-7-4-8(2)6-9(3)5-7;1-7-4-5-8(2)9(3)6-7/h4-11H,1-3H3;4-10H,1-3H3;9-11H,4-8H2,1-3H3;2*4-6H,1-3H3. The molecule has 332 valence electrons. The van der Waals surface area contributed by atoms with Crippen molar-refractivity contribution in [2.45, 2.75) is 129 Å². The maximum atomic E-state index is 2.32. The number of aryl methyl sites for hydroxylation is 14. The maximum absolute atomic E-state index is 2.32. The normalized spacial score (nSPS) is 10.1. The van der Waals surface area contributed by atoms with Crippen molar-refractivity contribution in [3.05, 3.63) is 223 Å². The molecule has 0 bridgehead atoms. The number of nitrogens with zero attached hydrogens (tertiary/aromatic N) is 1. The van der Waals surface area contributed by atoms with Crippen LogP contribution in [0.1, 0.15) is 110 Å². The molecule has 0 unspecified atom stereocenters. The number of anilines is 2. The van der Waals surface area contributed by atoms with E-state index in [1.165, 1.54) is 132 Å². The summed E-state index contributed by atoms with van der Waals surface area (Å²) in [5, 5.41) is 0. The Balaban J connectivity index is 0.000000214. The molecule has 7 aromatic rings. The highest BCUT2D eigenvalue weighted by molar-refractivity contribution is 5.66. The first-order chi connectivity index (χ1) is 29.9. The van der Waals surface area contributed by atoms with E-state index < -0.39 is 0 Å². The molecule has 0 heterocycles. The molecule has 63 heavy (non-hydrogen) atoms. The molecular weight excluding hydrogens is 759 g/mol. The van der Waals surface area contributed by atoms with Crippen LogP contribution in [0.4, 0.5) is 11.4 Å². The van der Waals surface area contributed by atoms with E-state index in [1.807, 2.05) is 6.07 Å². The Morgan fingerprint density at radius 3 is 1.22 bits per heavy atom. The monoisotopic (exact) mass is 838 g/mol. The molecule has 0 radical (unpaired) electrons. The van der Waals surface area contributed by atoms with E-state index in [0.29, 0.717) is 0 Å². The van der Waals surface area contributed by atoms with E-state index in [9.17, 15) is 0 Å². The lowest BCUT2D eigenvalue weighted by atomic mass is 10.00. The minimum absolute atomic E-state index is 1.22. The second-order valence-electron chi connectivity index (χ2n) is 18.0. The molecule has 0 saturated heterocycles. The Bertz CT molecular complexity index is 2320. The van der Waals surface area contributed by atoms with Gasteiger partial charge in [0.1, 0.15) is 0 Å². The van der Waals surface area contributed by atoms with Gasteiger partial charge in [0.05, 0.1) is 0 Å². The van der Waals surface area contributed by atoms with Crippen molar-refractivity contribution >= 4 is 11.4 Å². The summed E-state index contributed by atoms with van der Waals surface area (Å²) in [6, 6.07) is 52.3. The third-order valence-electron chi connectivity index (χ3n) is 10.9. The third-order valence-corrected chi connectivity index (χ3v) is 10.9. The van der Waals surface area contributed by atoms with Crippen molar-refractivity contribution in [1.29, 1.82) is 0 Å². The highest BCUT2D eigenvalue weighted by Crippen LogP contribution is 2.25. The summed E-state index contributed by atoms with van der Waals surface area (Å²) >= 11 is 0. The Morgan fingerprint density at radius 2 is 0.762 bits per heavy atom. The largest absolute Gasteiger partial charge is 0.345 e. The average molecular weight is 838 g/mol. The van der Waals surface area contributed by atoms with E-state index >= 15 is 0 Å². The minimum Gasteiger partial charge on any atom is -0.345 e. The van der Waals surface area contributed by atoms with Gasteiger partial charge in [-0.3, -0.25) is 0 Å². The van der Waals surface area contributed by atoms with Crippen LogP contribution >= 0.6 is 0 Å². The SMILES string of the molecule is CCCCCCc1cc(C)cc(C)c1.Cc1cc(C)cc(C)c1.Cc1cc(C)cc(N(C)c2ccccc2)c1.Cc1ccc(C)c(C)c1.Cc1cccc(-c2cc(C)cc(C)c2)c1. The molecule has 0 atom stereocenters. The van der Waals surface area contributed by atoms with Crippen LogP contribution in [0.15, 0.2) is 146 Å². The number of hydrogen-bond donors (Lipinski definition) is 0. The quantitative estimate of drug-likeness (QED) is 0.138. The van der Waals surface area contributed by atoms with Crippen LogP contribution in [-0.2, 0) is 6.42 Å². The lowest BCUT2D eigenvalue weighted by molar-refractivity contribution is 0.666. The van der Waals surface area contributed by atoms with Gasteiger partial charge in [-0.25, -0.2) is 0 Å². The van der Waals surface area contributed by atoms with Gasteiger partial charge in [-0.2, -0.15) is 0 Å². The van der Waals surface area contributed by atoms with Gasteiger partial charge >= 0.3 is 0 Å². The Morgan fingerprint density at radius 1 is 0.317 bits per heavy atom. The van der Waals surface area contributed by atoms with E-state index in [2.05, 4.69) is 248 Å². The van der Waals surface area contributed by atoms with Crippen LogP contribution in [-0.4, -0.2) is 7.05 Å². The highest BCUT2D eigenvalue weighted by atomic mass is 15.1. The fraction of sp³-hybridized carbons (Fsp3) is 0.323. The molecule has 0 spiro atoms. The van der Waals surface area contributed by atoms with E-state index in [-0.39, 0.29) is 0 Å². The van der Waals surface area contributed by atoms with Gasteiger partial charge in [-0.1, -0.05) is 198 Å². The zero-order valence-electron chi connectivity index (χ0n) is 41.8. The van der Waals surface area contributed by atoms with Crippen molar-refractivity contribution in [2.75, 3.05) is 11.9 Å². The van der Waals surface area contributed by atoms with Gasteiger partial charge in [0.25, 0.3) is 0 Å². The number of unbranched alkanes of at least 4 members (excludes halogenated alkanes) is 3. The van der Waals surface area contributed by atoms with Gasteiger partial charge in [-0.05, 0) is 166 Å². The Labute approximate surface area is 385 Å². The van der Waals surface area contributed by atoms with E-state index in [1.54, 1.807) is 0 Å². The molecule has 7 aromatic carbocycles. The predicted molar refractivity (Wildman–Crippen MR) is 282 cm³/mol. The topological polar surface area (TPSA) is 3.24 Å². The number of rotatable bonds is 8. The zero-order chi connectivity index (χ0) is 46.5. The van der Waals surface area contributed by atoms with Crippen LogP contribution in [0.2, 0.25) is 0 Å². The van der Waals surface area contributed by atoms with Crippen molar-refractivity contribution < 1.29 is 0 Å². The first kappa shape index (κ1) is 51.7. The summed E-state index contributed by atoms with van der Waals surface area (Å²) in [5.74, 6) is 0. The van der Waals surface area contributed by atoms with Crippen LogP contribution in [0.5, 0.6) is 0 Å². The van der Waals surface area contributed by atoms with Gasteiger partial charge < -0.3 is 4.90 Å². The molecule has 0 aliphatic carbocycles. The van der Waals surface area contributed by atoms with Crippen molar-refractivity contribution in [3.63, 3.8) is 0 Å². The van der Waals surface area contributed by atoms with Crippen molar-refractivity contribution in [1.82, 2.24) is 0 Å².